The molecular weight excluding hydrogens is 278 g/mol. The molecule has 22 heavy (non-hydrogen) atoms. The van der Waals surface area contributed by atoms with Gasteiger partial charge in [-0.05, 0) is 25.8 Å². The van der Waals surface area contributed by atoms with Gasteiger partial charge in [0.1, 0.15) is 5.69 Å². The van der Waals surface area contributed by atoms with Crippen LogP contribution in [0.5, 0.6) is 0 Å². The Kier molecular flexibility index (Phi) is 4.24. The van der Waals surface area contributed by atoms with Gasteiger partial charge >= 0.3 is 0 Å². The van der Waals surface area contributed by atoms with Crippen molar-refractivity contribution in [3.8, 4) is 11.3 Å². The molecule has 1 fully saturated rings. The highest BCUT2D eigenvalue weighted by Crippen LogP contribution is 2.20. The van der Waals surface area contributed by atoms with E-state index in [0.29, 0.717) is 11.6 Å². The summed E-state index contributed by atoms with van der Waals surface area (Å²) in [7, 11) is 0. The smallest absolute Gasteiger partial charge is 0.290 e. The third kappa shape index (κ3) is 3.20. The molecule has 3 rings (SSSR count). The third-order valence-electron chi connectivity index (χ3n) is 4.23. The summed E-state index contributed by atoms with van der Waals surface area (Å²) in [5.74, 6) is 0.518. The van der Waals surface area contributed by atoms with Crippen molar-refractivity contribution in [2.45, 2.75) is 26.3 Å². The molecule has 5 nitrogen and oxygen atoms in total. The Morgan fingerprint density at radius 3 is 2.86 bits per heavy atom. The molecule has 0 radical (unpaired) electrons. The van der Waals surface area contributed by atoms with E-state index in [1.807, 2.05) is 31.2 Å². The first-order valence-corrected chi connectivity index (χ1v) is 7.69. The monoisotopic (exact) mass is 299 g/mol. The Morgan fingerprint density at radius 2 is 2.14 bits per heavy atom. The molecule has 2 unspecified atom stereocenters. The molecule has 1 saturated heterocycles. The van der Waals surface area contributed by atoms with E-state index >= 15 is 0 Å². The summed E-state index contributed by atoms with van der Waals surface area (Å²) in [5, 5.41) is 10.3. The highest BCUT2D eigenvalue weighted by Gasteiger charge is 2.24. The van der Waals surface area contributed by atoms with Crippen molar-refractivity contribution in [3.63, 3.8) is 0 Å². The van der Waals surface area contributed by atoms with Gasteiger partial charge in [0.25, 0.3) is 5.91 Å². The minimum Gasteiger partial charge on any atom is -0.350 e. The lowest BCUT2D eigenvalue weighted by Crippen LogP contribution is -2.50. The lowest BCUT2D eigenvalue weighted by atomic mass is 9.95. The largest absolute Gasteiger partial charge is 0.350 e. The van der Waals surface area contributed by atoms with Gasteiger partial charge in [-0.3, -0.25) is 4.79 Å². The SMILES string of the molecule is Cc1ccc(-c2cc(C(=O)NC3CNCCC3C)on2)cc1. The van der Waals surface area contributed by atoms with Gasteiger partial charge in [0, 0.05) is 24.2 Å². The number of benzene rings is 1. The van der Waals surface area contributed by atoms with Crippen LogP contribution in [0.1, 0.15) is 29.5 Å². The first kappa shape index (κ1) is 14.8. The van der Waals surface area contributed by atoms with Crippen LogP contribution in [0.15, 0.2) is 34.9 Å². The topological polar surface area (TPSA) is 67.2 Å². The maximum absolute atomic E-state index is 12.3. The minimum absolute atomic E-state index is 0.133. The van der Waals surface area contributed by atoms with Gasteiger partial charge in [0.05, 0.1) is 0 Å². The summed E-state index contributed by atoms with van der Waals surface area (Å²) in [4.78, 5) is 12.3. The van der Waals surface area contributed by atoms with Gasteiger partial charge in [-0.25, -0.2) is 0 Å². The van der Waals surface area contributed by atoms with Gasteiger partial charge < -0.3 is 15.2 Å². The van der Waals surface area contributed by atoms with Crippen LogP contribution in [0.2, 0.25) is 0 Å². The van der Waals surface area contributed by atoms with E-state index in [4.69, 9.17) is 4.52 Å². The maximum atomic E-state index is 12.3. The molecule has 1 aliphatic rings. The van der Waals surface area contributed by atoms with E-state index in [1.165, 1.54) is 5.56 Å². The average molecular weight is 299 g/mol. The van der Waals surface area contributed by atoms with Crippen LogP contribution in [0.3, 0.4) is 0 Å². The molecule has 2 heterocycles. The fraction of sp³-hybridized carbons (Fsp3) is 0.412. The van der Waals surface area contributed by atoms with Crippen molar-refractivity contribution in [3.05, 3.63) is 41.7 Å². The normalized spacial score (nSPS) is 21.5. The molecular formula is C17H21N3O2. The Bertz CT molecular complexity index is 648. The summed E-state index contributed by atoms with van der Waals surface area (Å²) < 4.78 is 5.21. The first-order valence-electron chi connectivity index (χ1n) is 7.69. The molecule has 0 spiro atoms. The van der Waals surface area contributed by atoms with E-state index in [-0.39, 0.29) is 17.7 Å². The molecule has 5 heteroatoms. The van der Waals surface area contributed by atoms with E-state index in [9.17, 15) is 4.79 Å². The number of aromatic nitrogens is 1. The van der Waals surface area contributed by atoms with Crippen molar-refractivity contribution < 1.29 is 9.32 Å². The predicted octanol–water partition coefficient (Wildman–Crippen LogP) is 2.38. The summed E-state index contributed by atoms with van der Waals surface area (Å²) in [6.45, 7) is 5.99. The third-order valence-corrected chi connectivity index (χ3v) is 4.23. The van der Waals surface area contributed by atoms with Crippen molar-refractivity contribution in [1.29, 1.82) is 0 Å². The quantitative estimate of drug-likeness (QED) is 0.913. The van der Waals surface area contributed by atoms with E-state index in [1.54, 1.807) is 6.07 Å². The fourth-order valence-electron chi connectivity index (χ4n) is 2.67. The first-order chi connectivity index (χ1) is 10.6. The van der Waals surface area contributed by atoms with Crippen molar-refractivity contribution in [1.82, 2.24) is 15.8 Å². The van der Waals surface area contributed by atoms with Crippen LogP contribution >= 0.6 is 0 Å². The van der Waals surface area contributed by atoms with Gasteiger partial charge in [0.15, 0.2) is 0 Å². The molecule has 1 amide bonds. The number of nitrogens with zero attached hydrogens (tertiary/aromatic N) is 1. The lowest BCUT2D eigenvalue weighted by Gasteiger charge is -2.29. The van der Waals surface area contributed by atoms with Gasteiger partial charge in [-0.1, -0.05) is 41.9 Å². The fourth-order valence-corrected chi connectivity index (χ4v) is 2.67. The van der Waals surface area contributed by atoms with E-state index in [2.05, 4.69) is 22.7 Å². The molecule has 1 aliphatic heterocycles. The second-order valence-corrected chi connectivity index (χ2v) is 5.99. The van der Waals surface area contributed by atoms with Crippen LogP contribution in [0.25, 0.3) is 11.3 Å². The zero-order valence-corrected chi connectivity index (χ0v) is 12.9. The van der Waals surface area contributed by atoms with Crippen LogP contribution in [-0.2, 0) is 0 Å². The van der Waals surface area contributed by atoms with Gasteiger partial charge in [-0.2, -0.15) is 0 Å². The molecule has 2 N–H and O–H groups in total. The van der Waals surface area contributed by atoms with Crippen LogP contribution in [-0.4, -0.2) is 30.2 Å². The van der Waals surface area contributed by atoms with E-state index in [0.717, 1.165) is 25.1 Å². The zero-order chi connectivity index (χ0) is 15.5. The van der Waals surface area contributed by atoms with Gasteiger partial charge in [-0.15, -0.1) is 0 Å². The second kappa shape index (κ2) is 6.32. The average Bonchev–Trinajstić information content (AvgIpc) is 3.00. The Balaban J connectivity index is 1.70. The number of amides is 1. The number of rotatable bonds is 3. The number of carbonyl (C=O) groups excluding carboxylic acids is 1. The molecule has 0 saturated carbocycles. The summed E-state index contributed by atoms with van der Waals surface area (Å²) in [6, 6.07) is 9.80. The molecule has 116 valence electrons. The van der Waals surface area contributed by atoms with Gasteiger partial charge in [0.2, 0.25) is 5.76 Å². The lowest BCUT2D eigenvalue weighted by molar-refractivity contribution is 0.0878. The molecule has 1 aromatic heterocycles. The number of piperidine rings is 1. The van der Waals surface area contributed by atoms with E-state index < -0.39 is 0 Å². The Morgan fingerprint density at radius 1 is 1.36 bits per heavy atom. The zero-order valence-electron chi connectivity index (χ0n) is 12.9. The van der Waals surface area contributed by atoms with Crippen molar-refractivity contribution >= 4 is 5.91 Å². The molecule has 2 aromatic rings. The van der Waals surface area contributed by atoms with Crippen molar-refractivity contribution in [2.75, 3.05) is 13.1 Å². The highest BCUT2D eigenvalue weighted by atomic mass is 16.5. The number of hydrogen-bond donors (Lipinski definition) is 2. The standard InChI is InChI=1S/C17H21N3O2/c1-11-3-5-13(6-4-11)14-9-16(22-20-14)17(21)19-15-10-18-8-7-12(15)2/h3-6,9,12,15,18H,7-8,10H2,1-2H3,(H,19,21). The minimum atomic E-state index is -0.202. The van der Waals surface area contributed by atoms with Crippen LogP contribution < -0.4 is 10.6 Å². The summed E-state index contributed by atoms with van der Waals surface area (Å²) in [5.41, 5.74) is 2.81. The van der Waals surface area contributed by atoms with Crippen LogP contribution in [0.4, 0.5) is 0 Å². The highest BCUT2D eigenvalue weighted by molar-refractivity contribution is 5.92. The molecule has 1 aromatic carbocycles. The number of aryl methyl sites for hydroxylation is 1. The molecule has 2 atom stereocenters. The molecule has 0 bridgehead atoms. The number of hydrogen-bond acceptors (Lipinski definition) is 4. The summed E-state index contributed by atoms with van der Waals surface area (Å²) in [6.07, 6.45) is 1.07. The second-order valence-electron chi connectivity index (χ2n) is 5.99. The molecule has 0 aliphatic carbocycles. The Hall–Kier alpha value is -2.14. The predicted molar refractivity (Wildman–Crippen MR) is 84.6 cm³/mol. The number of carbonyl (C=O) groups is 1. The summed E-state index contributed by atoms with van der Waals surface area (Å²) >= 11 is 0. The maximum Gasteiger partial charge on any atom is 0.290 e. The number of nitrogens with one attached hydrogen (secondary N) is 2. The van der Waals surface area contributed by atoms with Crippen molar-refractivity contribution in [2.24, 2.45) is 5.92 Å². The van der Waals surface area contributed by atoms with Crippen LogP contribution in [0, 0.1) is 12.8 Å². The Labute approximate surface area is 130 Å².